The van der Waals surface area contributed by atoms with E-state index >= 15 is 0 Å². The predicted octanol–water partition coefficient (Wildman–Crippen LogP) is 4.47. The summed E-state index contributed by atoms with van der Waals surface area (Å²) in [4.78, 5) is 4.36. The molecule has 1 aliphatic heterocycles. The molecule has 23 heavy (non-hydrogen) atoms. The molecule has 1 aromatic carbocycles. The number of halogens is 2. The Bertz CT molecular complexity index is 673. The number of hydrogen-bond donors (Lipinski definition) is 3. The molecule has 3 N–H and O–H groups in total. The fourth-order valence-corrected chi connectivity index (χ4v) is 4.17. The zero-order valence-electron chi connectivity index (χ0n) is 13.0. The van der Waals surface area contributed by atoms with E-state index in [-0.39, 0.29) is 0 Å². The maximum atomic E-state index is 4.36. The van der Waals surface area contributed by atoms with E-state index in [2.05, 4.69) is 71.0 Å². The third-order valence-corrected chi connectivity index (χ3v) is 5.01. The number of anilines is 2. The van der Waals surface area contributed by atoms with Crippen LogP contribution in [-0.4, -0.2) is 24.6 Å². The number of nitrogens with zero attached hydrogens (tertiary/aromatic N) is 1. The van der Waals surface area contributed by atoms with E-state index in [1.165, 1.54) is 16.8 Å². The summed E-state index contributed by atoms with van der Waals surface area (Å²) < 4.78 is 2.20. The third kappa shape index (κ3) is 4.25. The van der Waals surface area contributed by atoms with Gasteiger partial charge in [-0.3, -0.25) is 0 Å². The molecule has 2 aromatic rings. The fraction of sp³-hybridized carbons (Fsp3) is 0.353. The van der Waals surface area contributed by atoms with Crippen LogP contribution in [0.3, 0.4) is 0 Å². The lowest BCUT2D eigenvalue weighted by atomic mass is 9.98. The largest absolute Gasteiger partial charge is 0.384 e. The van der Waals surface area contributed by atoms with Gasteiger partial charge in [-0.05, 0) is 58.6 Å². The second kappa shape index (κ2) is 7.64. The minimum atomic E-state index is 0.368. The van der Waals surface area contributed by atoms with Crippen molar-refractivity contribution < 1.29 is 0 Å². The van der Waals surface area contributed by atoms with Gasteiger partial charge in [-0.1, -0.05) is 22.0 Å². The normalized spacial score (nSPS) is 16.6. The van der Waals surface area contributed by atoms with E-state index in [4.69, 9.17) is 0 Å². The lowest BCUT2D eigenvalue weighted by Gasteiger charge is -2.29. The summed E-state index contributed by atoms with van der Waals surface area (Å²) in [6, 6.07) is 8.73. The first-order valence-electron chi connectivity index (χ1n) is 7.76. The Hall–Kier alpha value is -1.11. The highest BCUT2D eigenvalue weighted by molar-refractivity contribution is 9.11. The summed E-state index contributed by atoms with van der Waals surface area (Å²) in [5.41, 5.74) is 3.69. The van der Waals surface area contributed by atoms with Crippen molar-refractivity contribution in [2.75, 3.05) is 30.3 Å². The summed E-state index contributed by atoms with van der Waals surface area (Å²) >= 11 is 7.22. The number of benzene rings is 1. The fourth-order valence-electron chi connectivity index (χ4n) is 2.77. The number of pyridine rings is 1. The Kier molecular flexibility index (Phi) is 5.56. The number of hydrogen-bond acceptors (Lipinski definition) is 4. The number of fused-ring (bicyclic) bond motifs is 1. The van der Waals surface area contributed by atoms with Crippen molar-refractivity contribution in [3.63, 3.8) is 0 Å². The zero-order valence-corrected chi connectivity index (χ0v) is 16.2. The Morgan fingerprint density at radius 3 is 2.91 bits per heavy atom. The molecule has 1 aromatic heterocycles. The van der Waals surface area contributed by atoms with Gasteiger partial charge < -0.3 is 16.0 Å². The molecule has 0 saturated heterocycles. The molecule has 0 amide bonds. The maximum Gasteiger partial charge on any atom is 0.125 e. The molecule has 6 heteroatoms. The van der Waals surface area contributed by atoms with Gasteiger partial charge in [-0.15, -0.1) is 0 Å². The van der Waals surface area contributed by atoms with Crippen LogP contribution < -0.4 is 16.0 Å². The Morgan fingerprint density at radius 1 is 1.26 bits per heavy atom. The summed E-state index contributed by atoms with van der Waals surface area (Å²) in [6.07, 6.45) is 2.96. The van der Waals surface area contributed by atoms with Gasteiger partial charge >= 0.3 is 0 Å². The molecule has 0 aliphatic carbocycles. The number of aryl methyl sites for hydroxylation is 1. The Balaban J connectivity index is 1.56. The van der Waals surface area contributed by atoms with Crippen LogP contribution in [0, 0.1) is 6.92 Å². The third-order valence-electron chi connectivity index (χ3n) is 3.93. The predicted molar refractivity (Wildman–Crippen MR) is 103 cm³/mol. The van der Waals surface area contributed by atoms with Crippen molar-refractivity contribution in [3.8, 4) is 0 Å². The molecule has 122 valence electrons. The SMILES string of the molecule is Cc1ccc(NCCNC2CCNc3c(Br)cc(Br)cc32)nc1. The lowest BCUT2D eigenvalue weighted by molar-refractivity contribution is 0.511. The molecule has 0 radical (unpaired) electrons. The Morgan fingerprint density at radius 2 is 2.13 bits per heavy atom. The number of aromatic nitrogens is 1. The van der Waals surface area contributed by atoms with Crippen LogP contribution in [0.1, 0.15) is 23.6 Å². The average molecular weight is 440 g/mol. The van der Waals surface area contributed by atoms with Crippen LogP contribution in [0.2, 0.25) is 0 Å². The minimum absolute atomic E-state index is 0.368. The van der Waals surface area contributed by atoms with Gasteiger partial charge in [-0.2, -0.15) is 0 Å². The first-order valence-corrected chi connectivity index (χ1v) is 9.35. The van der Waals surface area contributed by atoms with Gasteiger partial charge in [0.2, 0.25) is 0 Å². The van der Waals surface area contributed by atoms with Crippen LogP contribution in [-0.2, 0) is 0 Å². The van der Waals surface area contributed by atoms with Gasteiger partial charge in [0, 0.05) is 40.8 Å². The first-order chi connectivity index (χ1) is 11.1. The average Bonchev–Trinajstić information content (AvgIpc) is 2.53. The smallest absolute Gasteiger partial charge is 0.125 e. The van der Waals surface area contributed by atoms with E-state index in [1.54, 1.807) is 0 Å². The van der Waals surface area contributed by atoms with Gasteiger partial charge in [0.25, 0.3) is 0 Å². The van der Waals surface area contributed by atoms with Crippen LogP contribution in [0.25, 0.3) is 0 Å². The van der Waals surface area contributed by atoms with E-state index in [9.17, 15) is 0 Å². The number of nitrogens with one attached hydrogen (secondary N) is 3. The summed E-state index contributed by atoms with van der Waals surface area (Å²) in [5.74, 6) is 0.925. The van der Waals surface area contributed by atoms with Crippen LogP contribution in [0.15, 0.2) is 39.4 Å². The lowest BCUT2D eigenvalue weighted by Crippen LogP contribution is -2.31. The molecule has 0 saturated carbocycles. The van der Waals surface area contributed by atoms with Crippen LogP contribution in [0.4, 0.5) is 11.5 Å². The van der Waals surface area contributed by atoms with Gasteiger partial charge in [0.1, 0.15) is 5.82 Å². The minimum Gasteiger partial charge on any atom is -0.384 e. The Labute approximate surface area is 153 Å². The first kappa shape index (κ1) is 16.7. The highest BCUT2D eigenvalue weighted by Gasteiger charge is 2.21. The molecule has 4 nitrogen and oxygen atoms in total. The number of rotatable bonds is 5. The topological polar surface area (TPSA) is 49.0 Å². The summed E-state index contributed by atoms with van der Waals surface area (Å²) in [7, 11) is 0. The summed E-state index contributed by atoms with van der Waals surface area (Å²) in [5, 5.41) is 10.5. The maximum absolute atomic E-state index is 4.36. The zero-order chi connectivity index (χ0) is 16.2. The van der Waals surface area contributed by atoms with Crippen LogP contribution in [0.5, 0.6) is 0 Å². The molecular formula is C17H20Br2N4. The van der Waals surface area contributed by atoms with Gasteiger partial charge in [0.15, 0.2) is 0 Å². The highest BCUT2D eigenvalue weighted by Crippen LogP contribution is 2.37. The standard InChI is InChI=1S/C17H20Br2N4/c1-11-2-3-16(23-10-11)21-7-6-20-15-4-5-22-17-13(15)8-12(18)9-14(17)19/h2-3,8-10,15,20,22H,4-7H2,1H3,(H,21,23). The van der Waals surface area contributed by atoms with Crippen molar-refractivity contribution in [1.82, 2.24) is 10.3 Å². The molecule has 3 rings (SSSR count). The molecule has 0 fully saturated rings. The van der Waals surface area contributed by atoms with E-state index in [1.807, 2.05) is 19.2 Å². The van der Waals surface area contributed by atoms with E-state index in [0.717, 1.165) is 40.8 Å². The summed E-state index contributed by atoms with van der Waals surface area (Å²) in [6.45, 7) is 4.77. The second-order valence-corrected chi connectivity index (χ2v) is 7.49. The van der Waals surface area contributed by atoms with Crippen molar-refractivity contribution >= 4 is 43.4 Å². The van der Waals surface area contributed by atoms with Crippen LogP contribution >= 0.6 is 31.9 Å². The van der Waals surface area contributed by atoms with Crippen molar-refractivity contribution in [1.29, 1.82) is 0 Å². The molecule has 0 bridgehead atoms. The van der Waals surface area contributed by atoms with Gasteiger partial charge in [0.05, 0.1) is 5.69 Å². The molecule has 0 spiro atoms. The molecule has 1 unspecified atom stereocenters. The van der Waals surface area contributed by atoms with E-state index in [0.29, 0.717) is 6.04 Å². The highest BCUT2D eigenvalue weighted by atomic mass is 79.9. The monoisotopic (exact) mass is 438 g/mol. The molecular weight excluding hydrogens is 420 g/mol. The molecule has 2 heterocycles. The second-order valence-electron chi connectivity index (χ2n) is 5.72. The van der Waals surface area contributed by atoms with E-state index < -0.39 is 0 Å². The quantitative estimate of drug-likeness (QED) is 0.601. The van der Waals surface area contributed by atoms with Crippen molar-refractivity contribution in [2.24, 2.45) is 0 Å². The van der Waals surface area contributed by atoms with Crippen molar-refractivity contribution in [2.45, 2.75) is 19.4 Å². The molecule has 1 atom stereocenters. The molecule has 1 aliphatic rings. The van der Waals surface area contributed by atoms with Crippen molar-refractivity contribution in [3.05, 3.63) is 50.5 Å². The van der Waals surface area contributed by atoms with Gasteiger partial charge in [-0.25, -0.2) is 4.98 Å².